The first-order valence-electron chi connectivity index (χ1n) is 11.5. The molecule has 2 nitrogen and oxygen atoms in total. The predicted octanol–water partition coefficient (Wildman–Crippen LogP) is 8.34. The molecule has 0 rings (SSSR count). The van der Waals surface area contributed by atoms with Gasteiger partial charge in [0.25, 0.3) is 0 Å². The van der Waals surface area contributed by atoms with Crippen molar-refractivity contribution < 1.29 is 9.18 Å². The van der Waals surface area contributed by atoms with Gasteiger partial charge < -0.3 is 5.32 Å². The normalized spacial score (nSPS) is 9.62. The van der Waals surface area contributed by atoms with Crippen molar-refractivity contribution in [3.63, 3.8) is 0 Å². The molecule has 26 heavy (non-hydrogen) atoms. The molecule has 1 N–H and O–H groups in total. The Balaban J connectivity index is -0.000000556. The standard InChI is InChI=1S/C18H38.C3H6FNO.C2H6/c1-3-5-7-9-11-13-15-17-18-16-14-12-10-8-6-4-2;1-3(6)5-2-4;1-2/h3-18H2,1-2H3;2H2,1H3,(H,5,6);1-2H3. The van der Waals surface area contributed by atoms with E-state index in [4.69, 9.17) is 0 Å². The number of unbranched alkanes of at least 4 members (excludes halogenated alkanes) is 15. The number of nitrogens with one attached hydrogen (secondary N) is 1. The fraction of sp³-hybridized carbons (Fsp3) is 0.957. The fourth-order valence-corrected chi connectivity index (χ4v) is 2.72. The number of carbonyl (C=O) groups is 1. The molecular weight excluding hydrogens is 325 g/mol. The molecular formula is C23H50FNO. The van der Waals surface area contributed by atoms with Gasteiger partial charge in [0, 0.05) is 6.92 Å². The van der Waals surface area contributed by atoms with Crippen LogP contribution >= 0.6 is 0 Å². The Morgan fingerprint density at radius 3 is 0.962 bits per heavy atom. The van der Waals surface area contributed by atoms with Gasteiger partial charge in [-0.3, -0.25) is 4.79 Å². The maximum atomic E-state index is 10.9. The van der Waals surface area contributed by atoms with Gasteiger partial charge in [0.05, 0.1) is 0 Å². The third-order valence-corrected chi connectivity index (χ3v) is 4.27. The van der Waals surface area contributed by atoms with E-state index in [1.165, 1.54) is 110 Å². The molecule has 160 valence electrons. The minimum atomic E-state index is -0.769. The summed E-state index contributed by atoms with van der Waals surface area (Å²) in [6, 6.07) is 0. The monoisotopic (exact) mass is 375 g/mol. The highest BCUT2D eigenvalue weighted by molar-refractivity contribution is 5.72. The van der Waals surface area contributed by atoms with Crippen molar-refractivity contribution in [3.05, 3.63) is 0 Å². The van der Waals surface area contributed by atoms with E-state index in [0.29, 0.717) is 0 Å². The van der Waals surface area contributed by atoms with Gasteiger partial charge in [-0.05, 0) is 0 Å². The molecule has 0 saturated carbocycles. The van der Waals surface area contributed by atoms with Crippen LogP contribution in [0, 0.1) is 0 Å². The highest BCUT2D eigenvalue weighted by Gasteiger charge is 1.93. The number of halogens is 1. The maximum Gasteiger partial charge on any atom is 0.218 e. The summed E-state index contributed by atoms with van der Waals surface area (Å²) in [5.41, 5.74) is 0. The molecule has 0 atom stereocenters. The second-order valence-electron chi connectivity index (χ2n) is 6.82. The smallest absolute Gasteiger partial charge is 0.218 e. The molecule has 3 heteroatoms. The zero-order valence-electron chi connectivity index (χ0n) is 18.8. The van der Waals surface area contributed by atoms with E-state index >= 15 is 0 Å². The van der Waals surface area contributed by atoms with Crippen LogP contribution in [-0.4, -0.2) is 12.7 Å². The number of alkyl halides is 1. The number of amides is 1. The minimum Gasteiger partial charge on any atom is -0.329 e. The lowest BCUT2D eigenvalue weighted by molar-refractivity contribution is -0.119. The van der Waals surface area contributed by atoms with Gasteiger partial charge in [-0.25, -0.2) is 4.39 Å². The van der Waals surface area contributed by atoms with Crippen LogP contribution in [0.25, 0.3) is 0 Å². The molecule has 0 aliphatic rings. The Kier molecular flexibility index (Phi) is 37.2. The van der Waals surface area contributed by atoms with E-state index in [2.05, 4.69) is 13.8 Å². The van der Waals surface area contributed by atoms with Crippen molar-refractivity contribution in [3.8, 4) is 0 Å². The Labute approximate surface area is 165 Å². The van der Waals surface area contributed by atoms with E-state index in [1.54, 1.807) is 0 Å². The summed E-state index contributed by atoms with van der Waals surface area (Å²) >= 11 is 0. The topological polar surface area (TPSA) is 29.1 Å². The molecule has 1 amide bonds. The van der Waals surface area contributed by atoms with Crippen molar-refractivity contribution in [2.75, 3.05) is 6.80 Å². The Morgan fingerprint density at radius 2 is 0.846 bits per heavy atom. The van der Waals surface area contributed by atoms with Crippen LogP contribution in [0.3, 0.4) is 0 Å². The van der Waals surface area contributed by atoms with E-state index in [1.807, 2.05) is 19.2 Å². The van der Waals surface area contributed by atoms with Crippen molar-refractivity contribution in [2.24, 2.45) is 0 Å². The Morgan fingerprint density at radius 1 is 0.615 bits per heavy atom. The molecule has 0 spiro atoms. The minimum absolute atomic E-state index is 0.336. The molecule has 0 heterocycles. The van der Waals surface area contributed by atoms with Crippen LogP contribution in [0.1, 0.15) is 137 Å². The van der Waals surface area contributed by atoms with Crippen LogP contribution in [0.5, 0.6) is 0 Å². The zero-order valence-corrected chi connectivity index (χ0v) is 18.8. The first kappa shape index (κ1) is 30.1. The van der Waals surface area contributed by atoms with Gasteiger partial charge in [-0.15, -0.1) is 0 Å². The summed E-state index contributed by atoms with van der Waals surface area (Å²) in [7, 11) is 0. The van der Waals surface area contributed by atoms with Crippen molar-refractivity contribution in [2.45, 2.75) is 137 Å². The van der Waals surface area contributed by atoms with E-state index < -0.39 is 6.80 Å². The molecule has 0 radical (unpaired) electrons. The van der Waals surface area contributed by atoms with E-state index in [9.17, 15) is 9.18 Å². The molecule has 0 unspecified atom stereocenters. The van der Waals surface area contributed by atoms with Crippen LogP contribution in [0.4, 0.5) is 4.39 Å². The van der Waals surface area contributed by atoms with Gasteiger partial charge >= 0.3 is 0 Å². The molecule has 0 aromatic heterocycles. The highest BCUT2D eigenvalue weighted by Crippen LogP contribution is 2.13. The third kappa shape index (κ3) is 38.8. The highest BCUT2D eigenvalue weighted by atomic mass is 19.1. The second-order valence-corrected chi connectivity index (χ2v) is 6.82. The number of hydrogen-bond acceptors (Lipinski definition) is 1. The Hall–Kier alpha value is -0.600. The SMILES string of the molecule is CC.CC(=O)NCF.CCCCCCCCCCCCCCCCCC. The van der Waals surface area contributed by atoms with E-state index in [0.717, 1.165) is 0 Å². The van der Waals surface area contributed by atoms with Crippen molar-refractivity contribution >= 4 is 5.91 Å². The first-order valence-corrected chi connectivity index (χ1v) is 11.5. The van der Waals surface area contributed by atoms with Crippen LogP contribution in [-0.2, 0) is 4.79 Å². The van der Waals surface area contributed by atoms with Crippen LogP contribution < -0.4 is 5.32 Å². The lowest BCUT2D eigenvalue weighted by atomic mass is 10.0. The number of rotatable bonds is 16. The third-order valence-electron chi connectivity index (χ3n) is 4.27. The molecule has 0 aromatic carbocycles. The van der Waals surface area contributed by atoms with Crippen molar-refractivity contribution in [1.82, 2.24) is 5.32 Å². The largest absolute Gasteiger partial charge is 0.329 e. The van der Waals surface area contributed by atoms with Crippen LogP contribution in [0.2, 0.25) is 0 Å². The van der Waals surface area contributed by atoms with Gasteiger partial charge in [0.15, 0.2) is 6.80 Å². The molecule has 0 saturated heterocycles. The van der Waals surface area contributed by atoms with E-state index in [-0.39, 0.29) is 5.91 Å². The number of carbonyl (C=O) groups excluding carboxylic acids is 1. The lowest BCUT2D eigenvalue weighted by Crippen LogP contribution is -2.17. The zero-order chi connectivity index (χ0) is 20.3. The fourth-order valence-electron chi connectivity index (χ4n) is 2.72. The van der Waals surface area contributed by atoms with Crippen LogP contribution in [0.15, 0.2) is 0 Å². The summed E-state index contributed by atoms with van der Waals surface area (Å²) in [5.74, 6) is -0.336. The van der Waals surface area contributed by atoms with Crippen molar-refractivity contribution in [1.29, 1.82) is 0 Å². The molecule has 0 fully saturated rings. The Bertz CT molecular complexity index is 218. The molecule has 0 aromatic rings. The number of hydrogen-bond donors (Lipinski definition) is 1. The summed E-state index contributed by atoms with van der Waals surface area (Å²) < 4.78 is 10.9. The summed E-state index contributed by atoms with van der Waals surface area (Å²) in [4.78, 5) is 9.69. The van der Waals surface area contributed by atoms with Gasteiger partial charge in [0.2, 0.25) is 5.91 Å². The molecule has 0 aliphatic carbocycles. The van der Waals surface area contributed by atoms with Gasteiger partial charge in [-0.1, -0.05) is 130 Å². The van der Waals surface area contributed by atoms with Gasteiger partial charge in [0.1, 0.15) is 0 Å². The first-order chi connectivity index (χ1) is 12.7. The van der Waals surface area contributed by atoms with Gasteiger partial charge in [-0.2, -0.15) is 0 Å². The lowest BCUT2D eigenvalue weighted by Gasteiger charge is -2.03. The average molecular weight is 376 g/mol. The molecule has 0 bridgehead atoms. The quantitative estimate of drug-likeness (QED) is 0.213. The average Bonchev–Trinajstić information content (AvgIpc) is 2.64. The second kappa shape index (κ2) is 32.1. The maximum absolute atomic E-state index is 10.9. The summed E-state index contributed by atoms with van der Waals surface area (Å²) in [5, 5.41) is 1.90. The predicted molar refractivity (Wildman–Crippen MR) is 116 cm³/mol. The molecule has 0 aliphatic heterocycles. The summed E-state index contributed by atoms with van der Waals surface area (Å²) in [6.07, 6.45) is 23.4. The summed E-state index contributed by atoms with van der Waals surface area (Å²) in [6.45, 7) is 9.08.